The van der Waals surface area contributed by atoms with Crippen molar-refractivity contribution in [2.45, 2.75) is 6.92 Å². The number of likely N-dealkylation sites (N-methyl/N-ethyl adjacent to an activating group) is 1. The van der Waals surface area contributed by atoms with Gasteiger partial charge in [0, 0.05) is 23.6 Å². The number of hydrogen-bond acceptors (Lipinski definition) is 1. The number of amides is 1. The van der Waals surface area contributed by atoms with E-state index in [9.17, 15) is 4.79 Å². The summed E-state index contributed by atoms with van der Waals surface area (Å²) in [5.41, 5.74) is 1.77. The fourth-order valence-electron chi connectivity index (χ4n) is 1.36. The summed E-state index contributed by atoms with van der Waals surface area (Å²) in [7, 11) is 1.76. The van der Waals surface area contributed by atoms with Gasteiger partial charge in [-0.25, -0.2) is 0 Å². The Balaban J connectivity index is 2.95. The second kappa shape index (κ2) is 5.12. The molecule has 0 fully saturated rings. The van der Waals surface area contributed by atoms with Gasteiger partial charge in [0.1, 0.15) is 0 Å². The maximum Gasteiger partial charge on any atom is 0.253 e. The van der Waals surface area contributed by atoms with Crippen LogP contribution in [0.25, 0.3) is 0 Å². The number of nitrogens with zero attached hydrogens (tertiary/aromatic N) is 1. The van der Waals surface area contributed by atoms with E-state index >= 15 is 0 Å². The van der Waals surface area contributed by atoms with Crippen molar-refractivity contribution in [3.05, 3.63) is 46.5 Å². The van der Waals surface area contributed by atoms with Crippen LogP contribution in [0.5, 0.6) is 0 Å². The van der Waals surface area contributed by atoms with Crippen LogP contribution in [-0.2, 0) is 0 Å². The highest BCUT2D eigenvalue weighted by atomic mass is 79.9. The first-order chi connectivity index (χ1) is 7.04. The topological polar surface area (TPSA) is 20.3 Å². The van der Waals surface area contributed by atoms with Crippen LogP contribution in [0.2, 0.25) is 0 Å². The molecule has 0 aliphatic rings. The predicted octanol–water partition coefficient (Wildman–Crippen LogP) is 3.02. The lowest BCUT2D eigenvalue weighted by molar-refractivity contribution is 0.0810. The van der Waals surface area contributed by atoms with Crippen LogP contribution in [0.4, 0.5) is 0 Å². The fraction of sp³-hybridized carbons (Fsp3) is 0.250. The molecule has 0 unspecified atom stereocenters. The number of carbonyl (C=O) groups excluding carboxylic acids is 1. The zero-order chi connectivity index (χ0) is 11.4. The lowest BCUT2D eigenvalue weighted by Gasteiger charge is -2.15. The largest absolute Gasteiger partial charge is 0.338 e. The molecule has 0 radical (unpaired) electrons. The van der Waals surface area contributed by atoms with Gasteiger partial charge < -0.3 is 4.90 Å². The van der Waals surface area contributed by atoms with Gasteiger partial charge in [-0.3, -0.25) is 4.79 Å². The van der Waals surface area contributed by atoms with Crippen LogP contribution in [0.3, 0.4) is 0 Å². The summed E-state index contributed by atoms with van der Waals surface area (Å²) < 4.78 is 0.929. The van der Waals surface area contributed by atoms with Crippen molar-refractivity contribution in [1.29, 1.82) is 0 Å². The summed E-state index contributed by atoms with van der Waals surface area (Å²) in [5.74, 6) is 0.0132. The molecular weight excluding hydrogens is 254 g/mol. The number of aryl methyl sites for hydroxylation is 1. The number of rotatable bonds is 3. The highest BCUT2D eigenvalue weighted by Gasteiger charge is 2.10. The summed E-state index contributed by atoms with van der Waals surface area (Å²) in [5, 5.41) is 0. The molecule has 0 N–H and O–H groups in total. The summed E-state index contributed by atoms with van der Waals surface area (Å²) in [6, 6.07) is 5.69. The van der Waals surface area contributed by atoms with Gasteiger partial charge >= 0.3 is 0 Å². The normalized spacial score (nSPS) is 9.80. The van der Waals surface area contributed by atoms with Crippen molar-refractivity contribution in [2.24, 2.45) is 0 Å². The molecule has 80 valence electrons. The average molecular weight is 268 g/mol. The van der Waals surface area contributed by atoms with Gasteiger partial charge in [0.2, 0.25) is 0 Å². The second-order valence-electron chi connectivity index (χ2n) is 3.49. The minimum absolute atomic E-state index is 0.0132. The number of halogens is 1. The first-order valence-electron chi connectivity index (χ1n) is 4.68. The highest BCUT2D eigenvalue weighted by molar-refractivity contribution is 9.10. The zero-order valence-electron chi connectivity index (χ0n) is 8.96. The average Bonchev–Trinajstić information content (AvgIpc) is 2.15. The molecule has 1 amide bonds. The lowest BCUT2D eigenvalue weighted by atomic mass is 10.1. The molecule has 0 saturated carbocycles. The molecule has 0 heterocycles. The molecule has 2 nitrogen and oxygen atoms in total. The van der Waals surface area contributed by atoms with Gasteiger partial charge in [0.05, 0.1) is 0 Å². The standard InChI is InChI=1S/C12H14BrNO/c1-4-5-14(3)12(15)10-6-9(2)7-11(13)8-10/h4,6-8H,1,5H2,2-3H3. The van der Waals surface area contributed by atoms with Crippen LogP contribution in [0.15, 0.2) is 35.3 Å². The lowest BCUT2D eigenvalue weighted by Crippen LogP contribution is -2.26. The molecule has 0 atom stereocenters. The minimum atomic E-state index is 0.0132. The fourth-order valence-corrected chi connectivity index (χ4v) is 1.96. The summed E-state index contributed by atoms with van der Waals surface area (Å²) in [6.07, 6.45) is 1.71. The number of carbonyl (C=O) groups is 1. The van der Waals surface area contributed by atoms with E-state index in [1.807, 2.05) is 25.1 Å². The van der Waals surface area contributed by atoms with Crippen molar-refractivity contribution in [3.8, 4) is 0 Å². The predicted molar refractivity (Wildman–Crippen MR) is 66.0 cm³/mol. The smallest absolute Gasteiger partial charge is 0.253 e. The Hall–Kier alpha value is -1.09. The summed E-state index contributed by atoms with van der Waals surface area (Å²) in [6.45, 7) is 6.14. The molecule has 0 spiro atoms. The maximum absolute atomic E-state index is 11.9. The number of hydrogen-bond donors (Lipinski definition) is 0. The van der Waals surface area contributed by atoms with E-state index in [-0.39, 0.29) is 5.91 Å². The SMILES string of the molecule is C=CCN(C)C(=O)c1cc(C)cc(Br)c1. The summed E-state index contributed by atoms with van der Waals surface area (Å²) >= 11 is 3.38. The van der Waals surface area contributed by atoms with Gasteiger partial charge in [-0.15, -0.1) is 6.58 Å². The first kappa shape index (κ1) is 12.0. The Morgan fingerprint density at radius 1 is 1.53 bits per heavy atom. The minimum Gasteiger partial charge on any atom is -0.338 e. The molecule has 0 saturated heterocycles. The van der Waals surface area contributed by atoms with Crippen LogP contribution in [-0.4, -0.2) is 24.4 Å². The Labute approximate surface area is 98.7 Å². The van der Waals surface area contributed by atoms with Gasteiger partial charge in [-0.05, 0) is 30.7 Å². The molecule has 15 heavy (non-hydrogen) atoms. The van der Waals surface area contributed by atoms with Gasteiger partial charge in [0.15, 0.2) is 0 Å². The molecule has 1 aromatic carbocycles. The first-order valence-corrected chi connectivity index (χ1v) is 5.47. The molecule has 1 aromatic rings. The third-order valence-electron chi connectivity index (χ3n) is 2.04. The Morgan fingerprint density at radius 2 is 2.20 bits per heavy atom. The molecule has 0 aliphatic heterocycles. The highest BCUT2D eigenvalue weighted by Crippen LogP contribution is 2.16. The summed E-state index contributed by atoms with van der Waals surface area (Å²) in [4.78, 5) is 13.5. The van der Waals surface area contributed by atoms with Gasteiger partial charge in [-0.2, -0.15) is 0 Å². The molecule has 1 rings (SSSR count). The van der Waals surface area contributed by atoms with Crippen molar-refractivity contribution >= 4 is 21.8 Å². The van der Waals surface area contributed by atoms with E-state index in [0.717, 1.165) is 10.0 Å². The third kappa shape index (κ3) is 3.20. The van der Waals surface area contributed by atoms with E-state index < -0.39 is 0 Å². The maximum atomic E-state index is 11.9. The van der Waals surface area contributed by atoms with Gasteiger partial charge in [0.25, 0.3) is 5.91 Å². The van der Waals surface area contributed by atoms with E-state index in [0.29, 0.717) is 12.1 Å². The second-order valence-corrected chi connectivity index (χ2v) is 4.41. The molecule has 3 heteroatoms. The zero-order valence-corrected chi connectivity index (χ0v) is 10.5. The van der Waals surface area contributed by atoms with Crippen LogP contribution in [0, 0.1) is 6.92 Å². The molecular formula is C12H14BrNO. The van der Waals surface area contributed by atoms with E-state index in [1.165, 1.54) is 0 Å². The Morgan fingerprint density at radius 3 is 2.73 bits per heavy atom. The van der Waals surface area contributed by atoms with Crippen LogP contribution >= 0.6 is 15.9 Å². The quantitative estimate of drug-likeness (QED) is 0.772. The van der Waals surface area contributed by atoms with Crippen LogP contribution < -0.4 is 0 Å². The van der Waals surface area contributed by atoms with Crippen molar-refractivity contribution in [2.75, 3.05) is 13.6 Å². The van der Waals surface area contributed by atoms with Gasteiger partial charge in [-0.1, -0.05) is 22.0 Å². The molecule has 0 aromatic heterocycles. The van der Waals surface area contributed by atoms with E-state index in [1.54, 1.807) is 18.0 Å². The van der Waals surface area contributed by atoms with Crippen molar-refractivity contribution in [1.82, 2.24) is 4.90 Å². The third-order valence-corrected chi connectivity index (χ3v) is 2.50. The van der Waals surface area contributed by atoms with E-state index in [2.05, 4.69) is 22.5 Å². The van der Waals surface area contributed by atoms with Crippen LogP contribution in [0.1, 0.15) is 15.9 Å². The number of benzene rings is 1. The Kier molecular flexibility index (Phi) is 4.09. The van der Waals surface area contributed by atoms with Crippen molar-refractivity contribution in [3.63, 3.8) is 0 Å². The Bertz CT molecular complexity index is 367. The van der Waals surface area contributed by atoms with Crippen molar-refractivity contribution < 1.29 is 4.79 Å². The monoisotopic (exact) mass is 267 g/mol. The molecule has 0 bridgehead atoms. The molecule has 0 aliphatic carbocycles. The van der Waals surface area contributed by atoms with E-state index in [4.69, 9.17) is 0 Å².